The molecule has 0 aliphatic rings. The number of amides is 1. The Morgan fingerprint density at radius 3 is 2.50 bits per heavy atom. The van der Waals surface area contributed by atoms with E-state index in [-0.39, 0.29) is 5.76 Å². The summed E-state index contributed by atoms with van der Waals surface area (Å²) in [6.45, 7) is 0. The topological polar surface area (TPSA) is 126 Å². The number of ether oxygens (including phenoxy) is 1. The lowest BCUT2D eigenvalue weighted by molar-refractivity contribution is -0.145. The Morgan fingerprint density at radius 1 is 1.17 bits per heavy atom. The standard InChI is InChI=1S/C16H15NO7/c1-23-11-5-3-2-4-9(11)12-6-7-13(24-12)15(20)17-10(16(21)22)8-14(18)19/h2-7,10H,8H2,1H3,(H,17,20)(H,18,19)(H,21,22)/t10-/m0/s1. The minimum atomic E-state index is -1.55. The van der Waals surface area contributed by atoms with Gasteiger partial charge in [-0.2, -0.15) is 0 Å². The van der Waals surface area contributed by atoms with E-state index >= 15 is 0 Å². The molecular weight excluding hydrogens is 318 g/mol. The molecule has 0 aliphatic heterocycles. The lowest BCUT2D eigenvalue weighted by atomic mass is 10.1. The van der Waals surface area contributed by atoms with Crippen LogP contribution in [0.15, 0.2) is 40.8 Å². The molecule has 8 heteroatoms. The van der Waals surface area contributed by atoms with Crippen LogP contribution in [0.4, 0.5) is 0 Å². The van der Waals surface area contributed by atoms with Gasteiger partial charge in [0, 0.05) is 0 Å². The van der Waals surface area contributed by atoms with E-state index in [4.69, 9.17) is 19.4 Å². The van der Waals surface area contributed by atoms with Crippen molar-refractivity contribution in [3.8, 4) is 17.1 Å². The maximum atomic E-state index is 12.0. The van der Waals surface area contributed by atoms with Crippen molar-refractivity contribution in [1.29, 1.82) is 0 Å². The first-order valence-electron chi connectivity index (χ1n) is 6.91. The zero-order valence-corrected chi connectivity index (χ0v) is 12.7. The molecule has 0 fully saturated rings. The molecule has 0 unspecified atom stereocenters. The molecule has 0 bridgehead atoms. The molecule has 24 heavy (non-hydrogen) atoms. The number of benzene rings is 1. The predicted octanol–water partition coefficient (Wildman–Crippen LogP) is 1.61. The summed E-state index contributed by atoms with van der Waals surface area (Å²) in [4.78, 5) is 33.7. The first-order valence-corrected chi connectivity index (χ1v) is 6.91. The van der Waals surface area contributed by atoms with Gasteiger partial charge in [0.2, 0.25) is 0 Å². The first kappa shape index (κ1) is 17.1. The highest BCUT2D eigenvalue weighted by atomic mass is 16.5. The number of carbonyl (C=O) groups is 3. The maximum absolute atomic E-state index is 12.0. The molecule has 1 heterocycles. The zero-order valence-electron chi connectivity index (χ0n) is 12.7. The second kappa shape index (κ2) is 7.32. The van der Waals surface area contributed by atoms with Gasteiger partial charge in [-0.3, -0.25) is 9.59 Å². The van der Waals surface area contributed by atoms with Crippen molar-refractivity contribution in [2.75, 3.05) is 7.11 Å². The second-order valence-electron chi connectivity index (χ2n) is 4.83. The maximum Gasteiger partial charge on any atom is 0.326 e. The van der Waals surface area contributed by atoms with Crippen molar-refractivity contribution in [1.82, 2.24) is 5.32 Å². The van der Waals surface area contributed by atoms with E-state index in [0.29, 0.717) is 17.1 Å². The Bertz CT molecular complexity index is 765. The van der Waals surface area contributed by atoms with Gasteiger partial charge in [0.1, 0.15) is 17.6 Å². The number of para-hydroxylation sites is 1. The van der Waals surface area contributed by atoms with Gasteiger partial charge in [0.25, 0.3) is 5.91 Å². The molecule has 0 saturated carbocycles. The van der Waals surface area contributed by atoms with Crippen LogP contribution < -0.4 is 10.1 Å². The van der Waals surface area contributed by atoms with Gasteiger partial charge >= 0.3 is 11.9 Å². The summed E-state index contributed by atoms with van der Waals surface area (Å²) >= 11 is 0. The van der Waals surface area contributed by atoms with Crippen LogP contribution in [0.25, 0.3) is 11.3 Å². The van der Waals surface area contributed by atoms with Gasteiger partial charge < -0.3 is 24.7 Å². The summed E-state index contributed by atoms with van der Waals surface area (Å²) in [6.07, 6.45) is -0.735. The number of hydrogen-bond acceptors (Lipinski definition) is 5. The number of carboxylic acids is 2. The van der Waals surface area contributed by atoms with E-state index in [1.165, 1.54) is 13.2 Å². The minimum Gasteiger partial charge on any atom is -0.496 e. The van der Waals surface area contributed by atoms with Crippen LogP contribution in [-0.2, 0) is 9.59 Å². The molecule has 2 aromatic rings. The van der Waals surface area contributed by atoms with Gasteiger partial charge in [0.05, 0.1) is 19.1 Å². The SMILES string of the molecule is COc1ccccc1-c1ccc(C(=O)N[C@@H](CC(=O)O)C(=O)O)o1. The smallest absolute Gasteiger partial charge is 0.326 e. The zero-order chi connectivity index (χ0) is 17.7. The van der Waals surface area contributed by atoms with Gasteiger partial charge in [-0.15, -0.1) is 0 Å². The largest absolute Gasteiger partial charge is 0.496 e. The van der Waals surface area contributed by atoms with Crippen LogP contribution in [0.2, 0.25) is 0 Å². The molecule has 126 valence electrons. The van der Waals surface area contributed by atoms with E-state index in [2.05, 4.69) is 5.32 Å². The number of furan rings is 1. The monoisotopic (exact) mass is 333 g/mol. The van der Waals surface area contributed by atoms with Crippen molar-refractivity contribution in [3.05, 3.63) is 42.2 Å². The van der Waals surface area contributed by atoms with E-state index < -0.39 is 30.3 Å². The Morgan fingerprint density at radius 2 is 1.88 bits per heavy atom. The van der Waals surface area contributed by atoms with Crippen molar-refractivity contribution >= 4 is 17.8 Å². The average molecular weight is 333 g/mol. The highest BCUT2D eigenvalue weighted by Gasteiger charge is 2.25. The molecular formula is C16H15NO7. The van der Waals surface area contributed by atoms with Crippen LogP contribution in [0.1, 0.15) is 17.0 Å². The third-order valence-electron chi connectivity index (χ3n) is 3.18. The first-order chi connectivity index (χ1) is 11.4. The normalized spacial score (nSPS) is 11.5. The number of hydrogen-bond donors (Lipinski definition) is 3. The Hall–Kier alpha value is -3.29. The fraction of sp³-hybridized carbons (Fsp3) is 0.188. The van der Waals surface area contributed by atoms with Crippen LogP contribution >= 0.6 is 0 Å². The van der Waals surface area contributed by atoms with Crippen LogP contribution in [0.5, 0.6) is 5.75 Å². The molecule has 3 N–H and O–H groups in total. The summed E-state index contributed by atoms with van der Waals surface area (Å²) < 4.78 is 10.6. The Labute approximate surface area is 136 Å². The van der Waals surface area contributed by atoms with E-state index in [9.17, 15) is 14.4 Å². The summed E-state index contributed by atoms with van der Waals surface area (Å²) in [7, 11) is 1.50. The Kier molecular flexibility index (Phi) is 5.20. The summed E-state index contributed by atoms with van der Waals surface area (Å²) in [6, 6.07) is 8.39. The minimum absolute atomic E-state index is 0.132. The summed E-state index contributed by atoms with van der Waals surface area (Å²) in [5.41, 5.74) is 0.624. The average Bonchev–Trinajstić information content (AvgIpc) is 3.03. The molecule has 1 atom stereocenters. The number of aliphatic carboxylic acids is 2. The van der Waals surface area contributed by atoms with Gasteiger partial charge in [0.15, 0.2) is 5.76 Å². The second-order valence-corrected chi connectivity index (χ2v) is 4.83. The molecule has 1 aromatic heterocycles. The van der Waals surface area contributed by atoms with E-state index in [1.54, 1.807) is 30.3 Å². The molecule has 1 aromatic carbocycles. The number of methoxy groups -OCH3 is 1. The molecule has 8 nitrogen and oxygen atoms in total. The molecule has 0 radical (unpaired) electrons. The van der Waals surface area contributed by atoms with Crippen molar-refractivity contribution in [2.45, 2.75) is 12.5 Å². The third kappa shape index (κ3) is 3.92. The van der Waals surface area contributed by atoms with Crippen molar-refractivity contribution < 1.29 is 33.8 Å². The lowest BCUT2D eigenvalue weighted by Gasteiger charge is -2.11. The highest BCUT2D eigenvalue weighted by molar-refractivity contribution is 5.95. The third-order valence-corrected chi connectivity index (χ3v) is 3.18. The highest BCUT2D eigenvalue weighted by Crippen LogP contribution is 2.30. The van der Waals surface area contributed by atoms with Crippen molar-refractivity contribution in [2.24, 2.45) is 0 Å². The Balaban J connectivity index is 2.19. The summed E-state index contributed by atoms with van der Waals surface area (Å²) in [5, 5.41) is 19.7. The van der Waals surface area contributed by atoms with Crippen LogP contribution in [0, 0.1) is 0 Å². The molecule has 2 rings (SSSR count). The molecule has 1 amide bonds. The number of rotatable bonds is 7. The molecule has 0 spiro atoms. The quantitative estimate of drug-likeness (QED) is 0.702. The van der Waals surface area contributed by atoms with Gasteiger partial charge in [-0.05, 0) is 24.3 Å². The molecule has 0 aliphatic carbocycles. The van der Waals surface area contributed by atoms with Crippen LogP contribution in [0.3, 0.4) is 0 Å². The fourth-order valence-electron chi connectivity index (χ4n) is 2.06. The van der Waals surface area contributed by atoms with Gasteiger partial charge in [-0.1, -0.05) is 12.1 Å². The number of carboxylic acid groups (broad SMARTS) is 2. The van der Waals surface area contributed by atoms with Gasteiger partial charge in [-0.25, -0.2) is 4.79 Å². The van der Waals surface area contributed by atoms with Crippen molar-refractivity contribution in [3.63, 3.8) is 0 Å². The predicted molar refractivity (Wildman–Crippen MR) is 81.8 cm³/mol. The molecule has 0 saturated heterocycles. The number of carbonyl (C=O) groups excluding carboxylic acids is 1. The summed E-state index contributed by atoms with van der Waals surface area (Å²) in [5.74, 6) is -2.81. The fourth-order valence-corrected chi connectivity index (χ4v) is 2.06. The van der Waals surface area contributed by atoms with E-state index in [0.717, 1.165) is 0 Å². The number of nitrogens with one attached hydrogen (secondary N) is 1. The lowest BCUT2D eigenvalue weighted by Crippen LogP contribution is -2.42. The van der Waals surface area contributed by atoms with Crippen LogP contribution in [-0.4, -0.2) is 41.2 Å². The van der Waals surface area contributed by atoms with E-state index in [1.807, 2.05) is 0 Å².